The normalized spacial score (nSPS) is 14.7. The van der Waals surface area contributed by atoms with Crippen LogP contribution >= 0.6 is 0 Å². The summed E-state index contributed by atoms with van der Waals surface area (Å²) in [5.41, 5.74) is 5.43. The number of hydrogen-bond acceptors (Lipinski definition) is 4. The van der Waals surface area contributed by atoms with Crippen molar-refractivity contribution in [3.63, 3.8) is 0 Å². The van der Waals surface area contributed by atoms with Crippen molar-refractivity contribution < 1.29 is 5.21 Å². The molecule has 4 N–H and O–H groups in total. The van der Waals surface area contributed by atoms with Crippen molar-refractivity contribution in [1.29, 1.82) is 0 Å². The Balaban J connectivity index is 3.45. The molecule has 5 heteroatoms. The molecule has 0 aromatic carbocycles. The fourth-order valence-corrected chi connectivity index (χ4v) is 0.950. The van der Waals surface area contributed by atoms with Gasteiger partial charge in [0.2, 0.25) is 0 Å². The first-order chi connectivity index (χ1) is 6.61. The Kier molecular flexibility index (Phi) is 7.14. The molecule has 0 aliphatic rings. The van der Waals surface area contributed by atoms with Gasteiger partial charge in [0.1, 0.15) is 5.84 Å². The molecule has 0 aliphatic carbocycles. The SMILES string of the molecule is CCN(C)CCNCC(C)C(N)=NO. The highest BCUT2D eigenvalue weighted by atomic mass is 16.4. The van der Waals surface area contributed by atoms with E-state index < -0.39 is 0 Å². The molecule has 0 heterocycles. The lowest BCUT2D eigenvalue weighted by atomic mass is 10.1. The first kappa shape index (κ1) is 13.2. The summed E-state index contributed by atoms with van der Waals surface area (Å²) in [5.74, 6) is 0.355. The minimum atomic E-state index is 0.0759. The summed E-state index contributed by atoms with van der Waals surface area (Å²) in [6.07, 6.45) is 0. The van der Waals surface area contributed by atoms with Crippen LogP contribution in [0.4, 0.5) is 0 Å². The van der Waals surface area contributed by atoms with E-state index in [1.54, 1.807) is 0 Å². The van der Waals surface area contributed by atoms with E-state index in [4.69, 9.17) is 10.9 Å². The van der Waals surface area contributed by atoms with Gasteiger partial charge < -0.3 is 21.2 Å². The lowest BCUT2D eigenvalue weighted by molar-refractivity contribution is 0.313. The molecule has 0 aromatic heterocycles. The first-order valence-electron chi connectivity index (χ1n) is 4.98. The van der Waals surface area contributed by atoms with Gasteiger partial charge in [-0.3, -0.25) is 0 Å². The maximum atomic E-state index is 8.41. The number of rotatable bonds is 7. The van der Waals surface area contributed by atoms with E-state index in [0.717, 1.165) is 26.2 Å². The predicted octanol–water partition coefficient (Wildman–Crippen LogP) is -0.0898. The number of nitrogens with zero attached hydrogens (tertiary/aromatic N) is 2. The third-order valence-electron chi connectivity index (χ3n) is 2.28. The van der Waals surface area contributed by atoms with Crippen LogP contribution in [0, 0.1) is 5.92 Å². The Bertz CT molecular complexity index is 172. The van der Waals surface area contributed by atoms with E-state index in [1.807, 2.05) is 6.92 Å². The predicted molar refractivity (Wildman–Crippen MR) is 58.6 cm³/mol. The third-order valence-corrected chi connectivity index (χ3v) is 2.28. The van der Waals surface area contributed by atoms with Crippen molar-refractivity contribution in [2.45, 2.75) is 13.8 Å². The van der Waals surface area contributed by atoms with Crippen molar-refractivity contribution in [3.8, 4) is 0 Å². The van der Waals surface area contributed by atoms with Gasteiger partial charge in [-0.05, 0) is 13.6 Å². The molecule has 0 saturated heterocycles. The lowest BCUT2D eigenvalue weighted by Crippen LogP contribution is -2.35. The molecule has 0 amide bonds. The largest absolute Gasteiger partial charge is 0.409 e. The molecule has 0 bridgehead atoms. The summed E-state index contributed by atoms with van der Waals surface area (Å²) in [4.78, 5) is 2.22. The van der Waals surface area contributed by atoms with E-state index >= 15 is 0 Å². The Labute approximate surface area is 86.0 Å². The third kappa shape index (κ3) is 5.77. The maximum absolute atomic E-state index is 8.41. The second-order valence-electron chi connectivity index (χ2n) is 3.53. The summed E-state index contributed by atoms with van der Waals surface area (Å²) < 4.78 is 0. The van der Waals surface area contributed by atoms with Crippen LogP contribution in [0.5, 0.6) is 0 Å². The summed E-state index contributed by atoms with van der Waals surface area (Å²) in [6.45, 7) is 7.78. The van der Waals surface area contributed by atoms with E-state index in [0.29, 0.717) is 0 Å². The van der Waals surface area contributed by atoms with Gasteiger partial charge in [-0.2, -0.15) is 0 Å². The molecule has 5 nitrogen and oxygen atoms in total. The Morgan fingerprint density at radius 3 is 2.79 bits per heavy atom. The molecule has 0 saturated carbocycles. The quantitative estimate of drug-likeness (QED) is 0.177. The highest BCUT2D eigenvalue weighted by Gasteiger charge is 2.06. The molecule has 0 fully saturated rings. The second kappa shape index (κ2) is 7.58. The number of likely N-dealkylation sites (N-methyl/N-ethyl adjacent to an activating group) is 1. The van der Waals surface area contributed by atoms with E-state index in [-0.39, 0.29) is 11.8 Å². The highest BCUT2D eigenvalue weighted by Crippen LogP contribution is 1.91. The van der Waals surface area contributed by atoms with Crippen molar-refractivity contribution >= 4 is 5.84 Å². The topological polar surface area (TPSA) is 73.9 Å². The minimum Gasteiger partial charge on any atom is -0.409 e. The zero-order valence-corrected chi connectivity index (χ0v) is 9.32. The van der Waals surface area contributed by atoms with Crippen molar-refractivity contribution in [1.82, 2.24) is 10.2 Å². The molecule has 14 heavy (non-hydrogen) atoms. The van der Waals surface area contributed by atoms with Gasteiger partial charge in [0.05, 0.1) is 0 Å². The number of oxime groups is 1. The van der Waals surface area contributed by atoms with Crippen LogP contribution in [0.3, 0.4) is 0 Å². The first-order valence-corrected chi connectivity index (χ1v) is 4.98. The Hall–Kier alpha value is -0.810. The maximum Gasteiger partial charge on any atom is 0.143 e. The number of hydrogen-bond donors (Lipinski definition) is 3. The smallest absolute Gasteiger partial charge is 0.143 e. The van der Waals surface area contributed by atoms with Crippen LogP contribution in [0.1, 0.15) is 13.8 Å². The lowest BCUT2D eigenvalue weighted by Gasteiger charge is -2.15. The Morgan fingerprint density at radius 1 is 1.64 bits per heavy atom. The van der Waals surface area contributed by atoms with Gasteiger partial charge in [-0.15, -0.1) is 0 Å². The average Bonchev–Trinajstić information content (AvgIpc) is 2.22. The standard InChI is InChI=1S/C9H22N4O/c1-4-13(3)6-5-11-7-8(2)9(10)12-14/h8,11,14H,4-7H2,1-3H3,(H2,10,12). The fraction of sp³-hybridized carbons (Fsp3) is 0.889. The molecular formula is C9H22N4O. The Morgan fingerprint density at radius 2 is 2.29 bits per heavy atom. The van der Waals surface area contributed by atoms with Gasteiger partial charge in [0, 0.05) is 25.6 Å². The molecule has 0 rings (SSSR count). The number of nitrogens with one attached hydrogen (secondary N) is 1. The van der Waals surface area contributed by atoms with E-state index in [2.05, 4.69) is 29.3 Å². The van der Waals surface area contributed by atoms with Crippen LogP contribution in [0.15, 0.2) is 5.16 Å². The van der Waals surface area contributed by atoms with Gasteiger partial charge in [-0.1, -0.05) is 19.0 Å². The molecule has 0 aliphatic heterocycles. The summed E-state index contributed by atoms with van der Waals surface area (Å²) in [7, 11) is 2.08. The average molecular weight is 202 g/mol. The van der Waals surface area contributed by atoms with E-state index in [9.17, 15) is 0 Å². The van der Waals surface area contributed by atoms with Gasteiger partial charge >= 0.3 is 0 Å². The summed E-state index contributed by atoms with van der Waals surface area (Å²) in [6, 6.07) is 0. The molecule has 84 valence electrons. The van der Waals surface area contributed by atoms with E-state index in [1.165, 1.54) is 0 Å². The van der Waals surface area contributed by atoms with Crippen LogP contribution < -0.4 is 11.1 Å². The number of nitrogens with two attached hydrogens (primary N) is 1. The van der Waals surface area contributed by atoms with Gasteiger partial charge in [-0.25, -0.2) is 0 Å². The van der Waals surface area contributed by atoms with Crippen LogP contribution in [-0.4, -0.2) is 49.2 Å². The molecule has 1 atom stereocenters. The molecule has 0 spiro atoms. The molecule has 1 unspecified atom stereocenters. The summed E-state index contributed by atoms with van der Waals surface area (Å²) in [5, 5.41) is 14.6. The number of amidine groups is 1. The molecule has 0 aromatic rings. The van der Waals surface area contributed by atoms with Gasteiger partial charge in [0.15, 0.2) is 0 Å². The zero-order chi connectivity index (χ0) is 11.0. The fourth-order valence-electron chi connectivity index (χ4n) is 0.950. The monoisotopic (exact) mass is 202 g/mol. The van der Waals surface area contributed by atoms with Crippen molar-refractivity contribution in [2.75, 3.05) is 33.2 Å². The van der Waals surface area contributed by atoms with Crippen molar-refractivity contribution in [2.24, 2.45) is 16.8 Å². The van der Waals surface area contributed by atoms with Crippen LogP contribution in [-0.2, 0) is 0 Å². The van der Waals surface area contributed by atoms with Crippen LogP contribution in [0.25, 0.3) is 0 Å². The van der Waals surface area contributed by atoms with Crippen molar-refractivity contribution in [3.05, 3.63) is 0 Å². The summed E-state index contributed by atoms with van der Waals surface area (Å²) >= 11 is 0. The zero-order valence-electron chi connectivity index (χ0n) is 9.32. The molecule has 0 radical (unpaired) electrons. The van der Waals surface area contributed by atoms with Gasteiger partial charge in [0.25, 0.3) is 0 Å². The second-order valence-corrected chi connectivity index (χ2v) is 3.53. The van der Waals surface area contributed by atoms with Crippen LogP contribution in [0.2, 0.25) is 0 Å². The molecular weight excluding hydrogens is 180 g/mol. The highest BCUT2D eigenvalue weighted by molar-refractivity contribution is 5.82. The minimum absolute atomic E-state index is 0.0759.